The molecule has 5 nitrogen and oxygen atoms in total. The van der Waals surface area contributed by atoms with Crippen LogP contribution in [0.2, 0.25) is 0 Å². The van der Waals surface area contributed by atoms with Crippen molar-refractivity contribution < 1.29 is 22.5 Å². The summed E-state index contributed by atoms with van der Waals surface area (Å²) in [7, 11) is 0. The van der Waals surface area contributed by atoms with E-state index in [1.807, 2.05) is 0 Å². The first-order valence-electron chi connectivity index (χ1n) is 6.58. The lowest BCUT2D eigenvalue weighted by atomic mass is 10.1. The molecule has 0 aliphatic carbocycles. The maximum absolute atomic E-state index is 12.4. The maximum Gasteiger partial charge on any atom is 0.263 e. The molecule has 4 aromatic rings. The molecule has 0 aromatic carbocycles. The second-order valence-corrected chi connectivity index (χ2v) is 4.75. The topological polar surface area (TPSA) is 69.6 Å². The van der Waals surface area contributed by atoms with E-state index in [2.05, 4.69) is 0 Å². The van der Waals surface area contributed by atoms with Crippen molar-refractivity contribution in [2.45, 2.75) is 0 Å². The summed E-state index contributed by atoms with van der Waals surface area (Å²) in [5, 5.41) is 0. The summed E-state index contributed by atoms with van der Waals surface area (Å²) in [6.45, 7) is 0. The Hall–Kier alpha value is -3.21. The van der Waals surface area contributed by atoms with Gasteiger partial charge in [-0.3, -0.25) is 4.79 Å². The summed E-state index contributed by atoms with van der Waals surface area (Å²) in [5.74, 6) is 0.109. The van der Waals surface area contributed by atoms with Crippen molar-refractivity contribution in [2.75, 3.05) is 0 Å². The number of ketones is 1. The Labute approximate surface area is 124 Å². The highest BCUT2D eigenvalue weighted by atomic mass is 16.4. The van der Waals surface area contributed by atoms with E-state index in [4.69, 9.17) is 17.7 Å². The van der Waals surface area contributed by atoms with Crippen LogP contribution in [0.1, 0.15) is 16.3 Å². The summed E-state index contributed by atoms with van der Waals surface area (Å²) in [6, 6.07) is 6.91. The lowest BCUT2D eigenvalue weighted by Crippen LogP contribution is -1.96. The molecule has 22 heavy (non-hydrogen) atoms. The molecular formula is C17H10O5. The molecule has 5 heteroatoms. The molecule has 0 unspecified atom stereocenters. The van der Waals surface area contributed by atoms with Crippen LogP contribution in [-0.4, -0.2) is 5.78 Å². The third kappa shape index (κ3) is 2.09. The second-order valence-electron chi connectivity index (χ2n) is 4.75. The van der Waals surface area contributed by atoms with Gasteiger partial charge in [0.1, 0.15) is 0 Å². The van der Waals surface area contributed by atoms with Crippen molar-refractivity contribution in [1.29, 1.82) is 0 Å². The molecule has 0 aliphatic heterocycles. The molecule has 0 fully saturated rings. The fourth-order valence-electron chi connectivity index (χ4n) is 2.19. The molecule has 4 rings (SSSR count). The van der Waals surface area contributed by atoms with Crippen LogP contribution in [-0.2, 0) is 0 Å². The van der Waals surface area contributed by atoms with Gasteiger partial charge in [-0.25, -0.2) is 0 Å². The Kier molecular flexibility index (Phi) is 2.83. The molecule has 0 radical (unpaired) electrons. The molecule has 0 atom stereocenters. The van der Waals surface area contributed by atoms with Gasteiger partial charge in [-0.15, -0.1) is 0 Å². The van der Waals surface area contributed by atoms with E-state index in [0.717, 1.165) is 22.3 Å². The normalized spacial score (nSPS) is 10.9. The number of hydrogen-bond donors (Lipinski definition) is 0. The highest BCUT2D eigenvalue weighted by molar-refractivity contribution is 6.06. The first-order chi connectivity index (χ1) is 10.8. The molecular weight excluding hydrogens is 284 g/mol. The molecule has 0 aliphatic rings. The number of hydrogen-bond acceptors (Lipinski definition) is 5. The predicted molar refractivity (Wildman–Crippen MR) is 76.3 cm³/mol. The van der Waals surface area contributed by atoms with Gasteiger partial charge >= 0.3 is 0 Å². The Balaban J connectivity index is 1.62. The minimum Gasteiger partial charge on any atom is -0.472 e. The van der Waals surface area contributed by atoms with Crippen molar-refractivity contribution in [2.24, 2.45) is 0 Å². The zero-order valence-corrected chi connectivity index (χ0v) is 11.3. The molecule has 4 heterocycles. The van der Waals surface area contributed by atoms with Gasteiger partial charge in [-0.05, 0) is 24.3 Å². The van der Waals surface area contributed by atoms with Crippen LogP contribution in [0.4, 0.5) is 0 Å². The summed E-state index contributed by atoms with van der Waals surface area (Å²) < 4.78 is 20.7. The number of furan rings is 4. The van der Waals surface area contributed by atoms with Gasteiger partial charge in [0.25, 0.3) is 5.78 Å². The van der Waals surface area contributed by atoms with Crippen LogP contribution in [0, 0.1) is 0 Å². The number of carbonyl (C=O) groups is 1. The zero-order chi connectivity index (χ0) is 14.9. The Morgan fingerprint density at radius 1 is 0.682 bits per heavy atom. The molecule has 0 bridgehead atoms. The lowest BCUT2D eigenvalue weighted by molar-refractivity contribution is 0.0983. The van der Waals surface area contributed by atoms with Gasteiger partial charge in [-0.2, -0.15) is 0 Å². The van der Waals surface area contributed by atoms with E-state index < -0.39 is 0 Å². The molecule has 0 N–H and O–H groups in total. The fraction of sp³-hybridized carbons (Fsp3) is 0. The van der Waals surface area contributed by atoms with Crippen LogP contribution >= 0.6 is 0 Å². The van der Waals surface area contributed by atoms with Gasteiger partial charge in [0, 0.05) is 22.3 Å². The van der Waals surface area contributed by atoms with Crippen molar-refractivity contribution in [3.8, 4) is 22.3 Å². The van der Waals surface area contributed by atoms with E-state index in [0.29, 0.717) is 0 Å². The highest BCUT2D eigenvalue weighted by Gasteiger charge is 2.19. The molecule has 0 amide bonds. The third-order valence-corrected chi connectivity index (χ3v) is 3.36. The fourth-order valence-corrected chi connectivity index (χ4v) is 2.19. The first kappa shape index (κ1) is 12.5. The summed E-state index contributed by atoms with van der Waals surface area (Å²) in [4.78, 5) is 12.4. The van der Waals surface area contributed by atoms with Gasteiger partial charge in [0.15, 0.2) is 11.5 Å². The maximum atomic E-state index is 12.4. The molecule has 108 valence electrons. The zero-order valence-electron chi connectivity index (χ0n) is 11.3. The van der Waals surface area contributed by atoms with Gasteiger partial charge in [0.2, 0.25) is 0 Å². The van der Waals surface area contributed by atoms with E-state index in [1.54, 1.807) is 49.3 Å². The van der Waals surface area contributed by atoms with E-state index in [9.17, 15) is 4.79 Å². The van der Waals surface area contributed by atoms with Crippen LogP contribution in [0.3, 0.4) is 0 Å². The highest BCUT2D eigenvalue weighted by Crippen LogP contribution is 2.26. The Morgan fingerprint density at radius 2 is 1.18 bits per heavy atom. The molecule has 0 spiro atoms. The minimum absolute atomic E-state index is 0.212. The van der Waals surface area contributed by atoms with Crippen molar-refractivity contribution in [3.05, 3.63) is 73.4 Å². The average Bonchev–Trinajstić information content (AvgIpc) is 3.35. The van der Waals surface area contributed by atoms with Crippen LogP contribution in [0.15, 0.2) is 79.5 Å². The average molecular weight is 294 g/mol. The van der Waals surface area contributed by atoms with Gasteiger partial charge < -0.3 is 17.7 Å². The lowest BCUT2D eigenvalue weighted by Gasteiger charge is -1.90. The van der Waals surface area contributed by atoms with Gasteiger partial charge in [0.05, 0.1) is 37.6 Å². The van der Waals surface area contributed by atoms with Crippen molar-refractivity contribution in [3.63, 3.8) is 0 Å². The van der Waals surface area contributed by atoms with Crippen molar-refractivity contribution >= 4 is 5.78 Å². The van der Waals surface area contributed by atoms with E-state index in [1.165, 1.54) is 12.5 Å². The summed E-state index contributed by atoms with van der Waals surface area (Å²) in [6.07, 6.45) is 9.32. The summed E-state index contributed by atoms with van der Waals surface area (Å²) in [5.41, 5.74) is 3.25. The van der Waals surface area contributed by atoms with Crippen LogP contribution < -0.4 is 0 Å². The predicted octanol–water partition coefficient (Wildman–Crippen LogP) is 4.62. The largest absolute Gasteiger partial charge is 0.472 e. The Bertz CT molecular complexity index is 816. The third-order valence-electron chi connectivity index (χ3n) is 3.36. The Morgan fingerprint density at radius 3 is 1.59 bits per heavy atom. The molecule has 4 aromatic heterocycles. The smallest absolute Gasteiger partial charge is 0.263 e. The van der Waals surface area contributed by atoms with Gasteiger partial charge in [-0.1, -0.05) is 0 Å². The number of rotatable bonds is 4. The quantitative estimate of drug-likeness (QED) is 0.513. The second kappa shape index (κ2) is 4.96. The molecule has 0 saturated carbocycles. The minimum atomic E-state index is -0.315. The van der Waals surface area contributed by atoms with E-state index in [-0.39, 0.29) is 17.3 Å². The number of carbonyl (C=O) groups excluding carboxylic acids is 1. The summed E-state index contributed by atoms with van der Waals surface area (Å²) >= 11 is 0. The van der Waals surface area contributed by atoms with E-state index >= 15 is 0 Å². The monoisotopic (exact) mass is 294 g/mol. The molecule has 0 saturated heterocycles. The van der Waals surface area contributed by atoms with Crippen molar-refractivity contribution in [1.82, 2.24) is 0 Å². The van der Waals surface area contributed by atoms with Crippen LogP contribution in [0.5, 0.6) is 0 Å². The van der Waals surface area contributed by atoms with Crippen LogP contribution in [0.25, 0.3) is 22.3 Å². The first-order valence-corrected chi connectivity index (χ1v) is 6.58. The standard InChI is InChI=1S/C17H10O5/c18-17(15-5-13(9-21-15)11-1-3-19-7-11)16-6-14(10-22-16)12-2-4-20-8-12/h1-10H. The SMILES string of the molecule is O=C(c1cc(-c2ccoc2)co1)c1cc(-c2ccoc2)co1.